The minimum absolute atomic E-state index is 0.0995. The quantitative estimate of drug-likeness (QED) is 0.555. The van der Waals surface area contributed by atoms with E-state index in [2.05, 4.69) is 0 Å². The third kappa shape index (κ3) is 1.39. The van der Waals surface area contributed by atoms with Crippen molar-refractivity contribution >= 4 is 0 Å². The van der Waals surface area contributed by atoms with Crippen LogP contribution in [0.15, 0.2) is 12.2 Å². The molecule has 0 unspecified atom stereocenters. The van der Waals surface area contributed by atoms with Gasteiger partial charge < -0.3 is 9.84 Å². The topological polar surface area (TPSA) is 29.5 Å². The number of hydrogen-bond donors (Lipinski definition) is 1. The Morgan fingerprint density at radius 1 is 1.70 bits per heavy atom. The summed E-state index contributed by atoms with van der Waals surface area (Å²) in [4.78, 5) is 0. The number of rotatable bonds is 1. The van der Waals surface area contributed by atoms with Crippen LogP contribution in [0, 0.1) is 0 Å². The predicted octanol–water partition coefficient (Wildman–Crippen LogP) is 1.10. The zero-order chi connectivity index (χ0) is 7.61. The lowest BCUT2D eigenvalue weighted by Gasteiger charge is -2.20. The van der Waals surface area contributed by atoms with Crippen LogP contribution in [0.3, 0.4) is 0 Å². The summed E-state index contributed by atoms with van der Waals surface area (Å²) >= 11 is 0. The first kappa shape index (κ1) is 7.76. The minimum atomic E-state index is -0.646. The second kappa shape index (κ2) is 2.72. The van der Waals surface area contributed by atoms with Gasteiger partial charge in [0, 0.05) is 6.42 Å². The van der Waals surface area contributed by atoms with E-state index in [4.69, 9.17) is 4.74 Å². The molecular formula is C8H14O2. The van der Waals surface area contributed by atoms with Crippen molar-refractivity contribution in [2.24, 2.45) is 0 Å². The van der Waals surface area contributed by atoms with E-state index in [1.54, 1.807) is 0 Å². The van der Waals surface area contributed by atoms with Crippen LogP contribution in [0.2, 0.25) is 0 Å². The molecule has 1 N–H and O–H groups in total. The van der Waals surface area contributed by atoms with E-state index in [0.29, 0.717) is 6.61 Å². The monoisotopic (exact) mass is 142 g/mol. The fourth-order valence-electron chi connectivity index (χ4n) is 1.15. The molecule has 1 rings (SSSR count). The average molecular weight is 142 g/mol. The van der Waals surface area contributed by atoms with Crippen molar-refractivity contribution in [3.05, 3.63) is 12.2 Å². The second-order valence-corrected chi connectivity index (χ2v) is 2.92. The number of hydrogen-bond acceptors (Lipinski definition) is 2. The maximum atomic E-state index is 9.61. The maximum absolute atomic E-state index is 9.61. The van der Waals surface area contributed by atoms with Crippen molar-refractivity contribution in [3.8, 4) is 0 Å². The zero-order valence-electron chi connectivity index (χ0n) is 6.50. The molecule has 0 aliphatic carbocycles. The highest BCUT2D eigenvalue weighted by atomic mass is 16.5. The number of ether oxygens (including phenoxy) is 1. The molecule has 2 nitrogen and oxygen atoms in total. The second-order valence-electron chi connectivity index (χ2n) is 2.92. The summed E-state index contributed by atoms with van der Waals surface area (Å²) in [7, 11) is 0. The van der Waals surface area contributed by atoms with Gasteiger partial charge in [0.25, 0.3) is 0 Å². The first-order chi connectivity index (χ1) is 4.67. The first-order valence-electron chi connectivity index (χ1n) is 3.63. The predicted molar refractivity (Wildman–Crippen MR) is 39.8 cm³/mol. The highest BCUT2D eigenvalue weighted by molar-refractivity contribution is 5.01. The van der Waals surface area contributed by atoms with Crippen molar-refractivity contribution in [3.63, 3.8) is 0 Å². The van der Waals surface area contributed by atoms with Crippen LogP contribution in [-0.4, -0.2) is 23.4 Å². The van der Waals surface area contributed by atoms with Crippen LogP contribution in [0.1, 0.15) is 20.3 Å². The lowest BCUT2D eigenvalue weighted by atomic mass is 9.98. The molecule has 0 spiro atoms. The Morgan fingerprint density at radius 3 is 2.80 bits per heavy atom. The summed E-state index contributed by atoms with van der Waals surface area (Å²) in [5.41, 5.74) is -0.646. The molecule has 0 bridgehead atoms. The highest BCUT2D eigenvalue weighted by Gasteiger charge is 2.35. The average Bonchev–Trinajstić information content (AvgIpc) is 2.13. The van der Waals surface area contributed by atoms with Crippen molar-refractivity contribution < 1.29 is 9.84 Å². The number of aliphatic hydroxyl groups is 1. The third-order valence-electron chi connectivity index (χ3n) is 1.89. The van der Waals surface area contributed by atoms with Gasteiger partial charge in [-0.3, -0.25) is 0 Å². The molecule has 0 saturated carbocycles. The van der Waals surface area contributed by atoms with Gasteiger partial charge in [0.2, 0.25) is 0 Å². The van der Waals surface area contributed by atoms with Gasteiger partial charge in [0.1, 0.15) is 6.10 Å². The summed E-state index contributed by atoms with van der Waals surface area (Å²) in [5.74, 6) is 0. The Balaban J connectivity index is 2.59. The van der Waals surface area contributed by atoms with Crippen molar-refractivity contribution in [2.45, 2.75) is 32.0 Å². The van der Waals surface area contributed by atoms with E-state index >= 15 is 0 Å². The Bertz CT molecular complexity index is 138. The van der Waals surface area contributed by atoms with Crippen LogP contribution in [0.4, 0.5) is 0 Å². The minimum Gasteiger partial charge on any atom is -0.387 e. The fourth-order valence-corrected chi connectivity index (χ4v) is 1.15. The van der Waals surface area contributed by atoms with Crippen molar-refractivity contribution in [1.29, 1.82) is 0 Å². The molecule has 2 atom stereocenters. The van der Waals surface area contributed by atoms with Crippen LogP contribution < -0.4 is 0 Å². The van der Waals surface area contributed by atoms with Crippen LogP contribution in [0.25, 0.3) is 0 Å². The van der Waals surface area contributed by atoms with E-state index in [0.717, 1.165) is 6.42 Å². The van der Waals surface area contributed by atoms with Crippen LogP contribution in [0.5, 0.6) is 0 Å². The Kier molecular flexibility index (Phi) is 2.11. The number of allylic oxidation sites excluding steroid dienone is 1. The summed E-state index contributed by atoms with van der Waals surface area (Å²) in [5, 5.41) is 9.61. The Labute approximate surface area is 61.5 Å². The van der Waals surface area contributed by atoms with E-state index in [1.807, 2.05) is 26.0 Å². The Hall–Kier alpha value is -0.340. The lowest BCUT2D eigenvalue weighted by Crippen LogP contribution is -2.32. The molecule has 0 radical (unpaired) electrons. The summed E-state index contributed by atoms with van der Waals surface area (Å²) in [6.45, 7) is 4.41. The molecule has 1 heterocycles. The molecule has 1 aliphatic heterocycles. The summed E-state index contributed by atoms with van der Waals surface area (Å²) in [6, 6.07) is 0. The molecule has 0 aromatic rings. The van der Waals surface area contributed by atoms with E-state index in [9.17, 15) is 5.11 Å². The molecule has 1 fully saturated rings. The standard InChI is InChI=1S/C8H14O2/c1-3-4-7-8(2,9)5-6-10-7/h3-4,7,9H,5-6H2,1-2H3/b4-3-/t7-,8-/m0/s1. The van der Waals surface area contributed by atoms with Gasteiger partial charge in [-0.05, 0) is 13.8 Å². The summed E-state index contributed by atoms with van der Waals surface area (Å²) < 4.78 is 5.27. The summed E-state index contributed by atoms with van der Waals surface area (Å²) in [6.07, 6.45) is 4.44. The van der Waals surface area contributed by atoms with Gasteiger partial charge in [0.05, 0.1) is 12.2 Å². The van der Waals surface area contributed by atoms with Gasteiger partial charge in [-0.2, -0.15) is 0 Å². The molecule has 1 saturated heterocycles. The van der Waals surface area contributed by atoms with Gasteiger partial charge >= 0.3 is 0 Å². The van der Waals surface area contributed by atoms with Crippen molar-refractivity contribution in [1.82, 2.24) is 0 Å². The van der Waals surface area contributed by atoms with Gasteiger partial charge in [-0.15, -0.1) is 0 Å². The molecule has 58 valence electrons. The molecular weight excluding hydrogens is 128 g/mol. The largest absolute Gasteiger partial charge is 0.387 e. The smallest absolute Gasteiger partial charge is 0.104 e. The maximum Gasteiger partial charge on any atom is 0.104 e. The Morgan fingerprint density at radius 2 is 2.40 bits per heavy atom. The van der Waals surface area contributed by atoms with Crippen LogP contribution >= 0.6 is 0 Å². The van der Waals surface area contributed by atoms with Gasteiger partial charge in [-0.1, -0.05) is 12.2 Å². The van der Waals surface area contributed by atoms with E-state index in [-0.39, 0.29) is 6.10 Å². The fraction of sp³-hybridized carbons (Fsp3) is 0.750. The van der Waals surface area contributed by atoms with Gasteiger partial charge in [0.15, 0.2) is 0 Å². The molecule has 2 heteroatoms. The van der Waals surface area contributed by atoms with E-state index in [1.165, 1.54) is 0 Å². The molecule has 0 amide bonds. The lowest BCUT2D eigenvalue weighted by molar-refractivity contribution is 0.00209. The molecule has 0 aromatic heterocycles. The van der Waals surface area contributed by atoms with Gasteiger partial charge in [-0.25, -0.2) is 0 Å². The zero-order valence-corrected chi connectivity index (χ0v) is 6.50. The highest BCUT2D eigenvalue weighted by Crippen LogP contribution is 2.25. The first-order valence-corrected chi connectivity index (χ1v) is 3.63. The van der Waals surface area contributed by atoms with Crippen molar-refractivity contribution in [2.75, 3.05) is 6.61 Å². The SMILES string of the molecule is C/C=C\[C@@H]1OCC[C@]1(C)O. The normalized spacial score (nSPS) is 41.3. The van der Waals surface area contributed by atoms with Crippen LogP contribution in [-0.2, 0) is 4.74 Å². The molecule has 0 aromatic carbocycles. The third-order valence-corrected chi connectivity index (χ3v) is 1.89. The van der Waals surface area contributed by atoms with E-state index < -0.39 is 5.60 Å². The molecule has 1 aliphatic rings. The molecule has 10 heavy (non-hydrogen) atoms.